The van der Waals surface area contributed by atoms with Gasteiger partial charge >= 0.3 is 0 Å². The molecule has 0 saturated carbocycles. The summed E-state index contributed by atoms with van der Waals surface area (Å²) in [6.45, 7) is 4.74. The van der Waals surface area contributed by atoms with Crippen molar-refractivity contribution in [3.8, 4) is 11.1 Å². The molecule has 1 aromatic heterocycles. The fraction of sp³-hybridized carbons (Fsp3) is 0.267. The van der Waals surface area contributed by atoms with Crippen molar-refractivity contribution in [2.75, 3.05) is 0 Å². The Morgan fingerprint density at radius 3 is 2.68 bits per heavy atom. The van der Waals surface area contributed by atoms with Gasteiger partial charge < -0.3 is 5.32 Å². The SMILES string of the molecule is CC(C)NCc1cncc(-c2cc(F)ccc2F)c1. The smallest absolute Gasteiger partial charge is 0.131 e. The van der Waals surface area contributed by atoms with Crippen LogP contribution >= 0.6 is 0 Å². The van der Waals surface area contributed by atoms with Gasteiger partial charge in [-0.3, -0.25) is 4.98 Å². The number of nitrogens with one attached hydrogen (secondary N) is 1. The average Bonchev–Trinajstić information content (AvgIpc) is 2.39. The molecule has 0 amide bonds. The molecule has 100 valence electrons. The van der Waals surface area contributed by atoms with E-state index in [2.05, 4.69) is 10.3 Å². The molecule has 0 radical (unpaired) electrons. The van der Waals surface area contributed by atoms with Gasteiger partial charge in [0, 0.05) is 36.1 Å². The molecule has 4 heteroatoms. The highest BCUT2D eigenvalue weighted by Crippen LogP contribution is 2.23. The second-order valence-electron chi connectivity index (χ2n) is 4.74. The van der Waals surface area contributed by atoms with E-state index in [0.29, 0.717) is 18.2 Å². The van der Waals surface area contributed by atoms with E-state index in [0.717, 1.165) is 17.7 Å². The molecule has 0 spiro atoms. The predicted octanol–water partition coefficient (Wildman–Crippen LogP) is 3.52. The topological polar surface area (TPSA) is 24.9 Å². The summed E-state index contributed by atoms with van der Waals surface area (Å²) in [6, 6.07) is 5.60. The minimum absolute atomic E-state index is 0.235. The van der Waals surface area contributed by atoms with Crippen LogP contribution in [0.1, 0.15) is 19.4 Å². The number of halogens is 2. The number of hydrogen-bond donors (Lipinski definition) is 1. The molecule has 0 unspecified atom stereocenters. The molecule has 2 nitrogen and oxygen atoms in total. The molecule has 0 saturated heterocycles. The van der Waals surface area contributed by atoms with Gasteiger partial charge in [0.05, 0.1) is 0 Å². The Kier molecular flexibility index (Phi) is 4.22. The highest BCUT2D eigenvalue weighted by Gasteiger charge is 2.08. The van der Waals surface area contributed by atoms with Crippen molar-refractivity contribution in [3.63, 3.8) is 0 Å². The van der Waals surface area contributed by atoms with E-state index in [1.165, 1.54) is 12.3 Å². The zero-order chi connectivity index (χ0) is 13.8. The van der Waals surface area contributed by atoms with Crippen LogP contribution in [-0.4, -0.2) is 11.0 Å². The van der Waals surface area contributed by atoms with Crippen molar-refractivity contribution >= 4 is 0 Å². The van der Waals surface area contributed by atoms with Gasteiger partial charge in [-0.1, -0.05) is 13.8 Å². The zero-order valence-corrected chi connectivity index (χ0v) is 11.0. The lowest BCUT2D eigenvalue weighted by molar-refractivity contribution is 0.588. The number of benzene rings is 1. The van der Waals surface area contributed by atoms with Crippen LogP contribution in [0.2, 0.25) is 0 Å². The number of pyridine rings is 1. The highest BCUT2D eigenvalue weighted by atomic mass is 19.1. The largest absolute Gasteiger partial charge is 0.310 e. The molecule has 0 aliphatic carbocycles. The minimum atomic E-state index is -0.456. The number of aromatic nitrogens is 1. The fourth-order valence-corrected chi connectivity index (χ4v) is 1.77. The van der Waals surface area contributed by atoms with Crippen molar-refractivity contribution in [1.82, 2.24) is 10.3 Å². The lowest BCUT2D eigenvalue weighted by atomic mass is 10.1. The van der Waals surface area contributed by atoms with Crippen molar-refractivity contribution in [2.45, 2.75) is 26.4 Å². The normalized spacial score (nSPS) is 11.0. The molecule has 2 rings (SSSR count). The van der Waals surface area contributed by atoms with Crippen LogP contribution in [0.4, 0.5) is 8.78 Å². The molecule has 0 bridgehead atoms. The highest BCUT2D eigenvalue weighted by molar-refractivity contribution is 5.63. The van der Waals surface area contributed by atoms with Crippen LogP contribution < -0.4 is 5.32 Å². The second kappa shape index (κ2) is 5.89. The van der Waals surface area contributed by atoms with Crippen LogP contribution in [0.15, 0.2) is 36.7 Å². The summed E-state index contributed by atoms with van der Waals surface area (Å²) >= 11 is 0. The number of nitrogens with zero attached hydrogens (tertiary/aromatic N) is 1. The first-order valence-corrected chi connectivity index (χ1v) is 6.19. The van der Waals surface area contributed by atoms with Gasteiger partial charge in [0.1, 0.15) is 11.6 Å². The molecule has 2 aromatic rings. The molecular formula is C15H16F2N2. The number of hydrogen-bond acceptors (Lipinski definition) is 2. The van der Waals surface area contributed by atoms with Crippen LogP contribution in [0.3, 0.4) is 0 Å². The standard InChI is InChI=1S/C15H16F2N2/c1-10(2)19-8-11-5-12(9-18-7-11)14-6-13(16)3-4-15(14)17/h3-7,9-10,19H,8H2,1-2H3. The van der Waals surface area contributed by atoms with Gasteiger partial charge in [0.25, 0.3) is 0 Å². The molecular weight excluding hydrogens is 246 g/mol. The third-order valence-electron chi connectivity index (χ3n) is 2.75. The maximum Gasteiger partial charge on any atom is 0.131 e. The average molecular weight is 262 g/mol. The van der Waals surface area contributed by atoms with Crippen LogP contribution in [0, 0.1) is 11.6 Å². The first-order valence-electron chi connectivity index (χ1n) is 6.19. The Morgan fingerprint density at radius 1 is 1.16 bits per heavy atom. The van der Waals surface area contributed by atoms with E-state index in [1.807, 2.05) is 19.9 Å². The van der Waals surface area contributed by atoms with E-state index in [-0.39, 0.29) is 5.56 Å². The second-order valence-corrected chi connectivity index (χ2v) is 4.74. The molecule has 0 aliphatic heterocycles. The van der Waals surface area contributed by atoms with Crippen LogP contribution in [-0.2, 0) is 6.54 Å². The van der Waals surface area contributed by atoms with Crippen molar-refractivity contribution in [1.29, 1.82) is 0 Å². The van der Waals surface area contributed by atoms with Gasteiger partial charge in [-0.15, -0.1) is 0 Å². The number of rotatable bonds is 4. The first-order chi connectivity index (χ1) is 9.06. The van der Waals surface area contributed by atoms with Gasteiger partial charge in [0.2, 0.25) is 0 Å². The summed E-state index contributed by atoms with van der Waals surface area (Å²) in [4.78, 5) is 4.08. The molecule has 1 aromatic carbocycles. The zero-order valence-electron chi connectivity index (χ0n) is 11.0. The Morgan fingerprint density at radius 2 is 1.95 bits per heavy atom. The lowest BCUT2D eigenvalue weighted by Crippen LogP contribution is -2.21. The van der Waals surface area contributed by atoms with Gasteiger partial charge in [-0.25, -0.2) is 8.78 Å². The summed E-state index contributed by atoms with van der Waals surface area (Å²) in [5.41, 5.74) is 1.76. The Hall–Kier alpha value is -1.81. The maximum absolute atomic E-state index is 13.7. The summed E-state index contributed by atoms with van der Waals surface area (Å²) in [6.07, 6.45) is 3.26. The summed E-state index contributed by atoms with van der Waals surface area (Å²) in [5, 5.41) is 3.26. The Bertz CT molecular complexity index is 568. The molecule has 19 heavy (non-hydrogen) atoms. The quantitative estimate of drug-likeness (QED) is 0.911. The monoisotopic (exact) mass is 262 g/mol. The Balaban J connectivity index is 2.29. The van der Waals surface area contributed by atoms with E-state index >= 15 is 0 Å². The summed E-state index contributed by atoms with van der Waals surface area (Å²) in [5.74, 6) is -0.903. The maximum atomic E-state index is 13.7. The fourth-order valence-electron chi connectivity index (χ4n) is 1.77. The van der Waals surface area contributed by atoms with E-state index in [1.54, 1.807) is 6.20 Å². The van der Waals surface area contributed by atoms with E-state index < -0.39 is 11.6 Å². The molecule has 1 heterocycles. The van der Waals surface area contributed by atoms with Crippen molar-refractivity contribution in [2.24, 2.45) is 0 Å². The Labute approximate surface area is 111 Å². The van der Waals surface area contributed by atoms with Gasteiger partial charge in [0.15, 0.2) is 0 Å². The van der Waals surface area contributed by atoms with Crippen LogP contribution in [0.25, 0.3) is 11.1 Å². The lowest BCUT2D eigenvalue weighted by Gasteiger charge is -2.09. The minimum Gasteiger partial charge on any atom is -0.310 e. The van der Waals surface area contributed by atoms with Crippen molar-refractivity contribution < 1.29 is 8.78 Å². The van der Waals surface area contributed by atoms with Gasteiger partial charge in [-0.2, -0.15) is 0 Å². The molecule has 0 fully saturated rings. The third kappa shape index (κ3) is 3.58. The summed E-state index contributed by atoms with van der Waals surface area (Å²) < 4.78 is 26.9. The predicted molar refractivity (Wildman–Crippen MR) is 71.6 cm³/mol. The van der Waals surface area contributed by atoms with Crippen molar-refractivity contribution in [3.05, 3.63) is 53.9 Å². The third-order valence-corrected chi connectivity index (χ3v) is 2.75. The first kappa shape index (κ1) is 13.6. The summed E-state index contributed by atoms with van der Waals surface area (Å²) in [7, 11) is 0. The molecule has 0 aliphatic rings. The molecule has 1 N–H and O–H groups in total. The van der Waals surface area contributed by atoms with Crippen LogP contribution in [0.5, 0.6) is 0 Å². The van der Waals surface area contributed by atoms with Gasteiger partial charge in [-0.05, 0) is 29.8 Å². The van der Waals surface area contributed by atoms with E-state index in [4.69, 9.17) is 0 Å². The molecule has 0 atom stereocenters. The van der Waals surface area contributed by atoms with E-state index in [9.17, 15) is 8.78 Å².